The summed E-state index contributed by atoms with van der Waals surface area (Å²) in [5, 5.41) is 0.136. The van der Waals surface area contributed by atoms with Crippen LogP contribution in [-0.2, 0) is 17.9 Å². The second kappa shape index (κ2) is 7.92. The molecule has 3 aliphatic rings. The Balaban J connectivity index is 1.21. The fraction of sp³-hybridized carbons (Fsp3) is 0.348. The number of anilines is 1. The van der Waals surface area contributed by atoms with E-state index in [1.54, 1.807) is 10.6 Å². The molecule has 0 aliphatic carbocycles. The summed E-state index contributed by atoms with van der Waals surface area (Å²) in [6.45, 7) is 1.74. The molecule has 8 nitrogen and oxygen atoms in total. The van der Waals surface area contributed by atoms with Crippen LogP contribution in [0.1, 0.15) is 18.4 Å². The van der Waals surface area contributed by atoms with E-state index >= 15 is 0 Å². The molecule has 0 N–H and O–H groups in total. The van der Waals surface area contributed by atoms with Gasteiger partial charge in [0.15, 0.2) is 17.4 Å². The van der Waals surface area contributed by atoms with E-state index in [1.165, 1.54) is 18.3 Å². The second-order valence-corrected chi connectivity index (χ2v) is 9.09. The summed E-state index contributed by atoms with van der Waals surface area (Å²) in [4.78, 5) is 22.6. The van der Waals surface area contributed by atoms with Crippen molar-refractivity contribution in [3.63, 3.8) is 0 Å². The number of benzene rings is 1. The van der Waals surface area contributed by atoms with E-state index in [-0.39, 0.29) is 40.6 Å². The van der Waals surface area contributed by atoms with Gasteiger partial charge in [-0.15, -0.1) is 0 Å². The van der Waals surface area contributed by atoms with E-state index < -0.39 is 23.1 Å². The first-order chi connectivity index (χ1) is 16.4. The number of rotatable bonds is 5. The van der Waals surface area contributed by atoms with Crippen molar-refractivity contribution in [1.82, 2.24) is 14.5 Å². The van der Waals surface area contributed by atoms with Crippen LogP contribution in [0.3, 0.4) is 0 Å². The highest BCUT2D eigenvalue weighted by Crippen LogP contribution is 2.46. The van der Waals surface area contributed by atoms with Gasteiger partial charge in [0, 0.05) is 37.8 Å². The lowest BCUT2D eigenvalue weighted by Crippen LogP contribution is -2.54. The van der Waals surface area contributed by atoms with Crippen LogP contribution in [0.4, 0.5) is 14.6 Å². The Hall–Kier alpha value is -3.24. The molecule has 5 heterocycles. The molecule has 2 bridgehead atoms. The smallest absolute Gasteiger partial charge is 0.352 e. The molecular formula is C23H19ClF2N4O4. The summed E-state index contributed by atoms with van der Waals surface area (Å²) >= 11 is 5.78. The van der Waals surface area contributed by atoms with Crippen LogP contribution in [-0.4, -0.2) is 39.3 Å². The zero-order valence-corrected chi connectivity index (χ0v) is 18.6. The third-order valence-corrected chi connectivity index (χ3v) is 6.77. The fourth-order valence-corrected chi connectivity index (χ4v) is 5.14. The summed E-state index contributed by atoms with van der Waals surface area (Å²) in [7, 11) is 0. The molecule has 2 fully saturated rings. The van der Waals surface area contributed by atoms with Gasteiger partial charge in [-0.1, -0.05) is 11.6 Å². The van der Waals surface area contributed by atoms with E-state index in [0.717, 1.165) is 30.8 Å². The number of ether oxygens (including phenoxy) is 3. The summed E-state index contributed by atoms with van der Waals surface area (Å²) < 4.78 is 47.6. The number of hydrogen-bond acceptors (Lipinski definition) is 7. The average molecular weight is 489 g/mol. The van der Waals surface area contributed by atoms with Crippen molar-refractivity contribution in [2.24, 2.45) is 0 Å². The van der Waals surface area contributed by atoms with Crippen LogP contribution in [0.15, 0.2) is 41.3 Å². The standard InChI is InChI=1S/C23H19ClF2N4O4/c24-18-7-14(1-3-27-18)34-21-16(25)5-13(6-17(21)26)11-32-19-8-20-29(22(31)28-19)4-2-23-9-15(33-12-23)10-30(20)23/h1,3,5-8,15H,2,4,9-12H2/t15-,23-/m0/s1. The van der Waals surface area contributed by atoms with Crippen LogP contribution < -0.4 is 20.1 Å². The predicted octanol–water partition coefficient (Wildman–Crippen LogP) is 3.69. The minimum Gasteiger partial charge on any atom is -0.473 e. The minimum atomic E-state index is -0.903. The van der Waals surface area contributed by atoms with Crippen LogP contribution >= 0.6 is 11.6 Å². The minimum absolute atomic E-state index is 0.0864. The third kappa shape index (κ3) is 3.57. The maximum Gasteiger partial charge on any atom is 0.352 e. The molecule has 1 aromatic carbocycles. The van der Waals surface area contributed by atoms with E-state index in [9.17, 15) is 13.6 Å². The third-order valence-electron chi connectivity index (χ3n) is 6.56. The number of halogens is 3. The van der Waals surface area contributed by atoms with Crippen LogP contribution in [0.25, 0.3) is 0 Å². The molecular weight excluding hydrogens is 470 g/mol. The van der Waals surface area contributed by atoms with Crippen LogP contribution in [0.5, 0.6) is 17.4 Å². The number of fused-ring (bicyclic) bond motifs is 3. The van der Waals surface area contributed by atoms with E-state index in [0.29, 0.717) is 19.7 Å². The van der Waals surface area contributed by atoms with Gasteiger partial charge in [0.1, 0.15) is 23.3 Å². The fourth-order valence-electron chi connectivity index (χ4n) is 4.98. The molecule has 0 amide bonds. The van der Waals surface area contributed by atoms with Crippen molar-refractivity contribution >= 4 is 17.4 Å². The first-order valence-corrected chi connectivity index (χ1v) is 11.2. The SMILES string of the molecule is O=c1nc(OCc2cc(F)c(Oc3ccnc(Cl)c3)c(F)c2)cc2n1CC[C@]13CO[C@H](CN21)C3. The number of pyridine rings is 1. The normalized spacial score (nSPS) is 22.4. The highest BCUT2D eigenvalue weighted by molar-refractivity contribution is 6.29. The van der Waals surface area contributed by atoms with Crippen molar-refractivity contribution in [2.45, 2.75) is 37.6 Å². The van der Waals surface area contributed by atoms with Crippen LogP contribution in [0.2, 0.25) is 5.15 Å². The Morgan fingerprint density at radius 3 is 2.82 bits per heavy atom. The lowest BCUT2D eigenvalue weighted by molar-refractivity contribution is 0.0776. The summed E-state index contributed by atoms with van der Waals surface area (Å²) in [6, 6.07) is 6.71. The van der Waals surface area contributed by atoms with Gasteiger partial charge in [-0.25, -0.2) is 18.6 Å². The molecule has 2 aromatic heterocycles. The van der Waals surface area contributed by atoms with Gasteiger partial charge in [0.2, 0.25) is 5.88 Å². The number of aromatic nitrogens is 3. The Kier molecular flexibility index (Phi) is 4.96. The van der Waals surface area contributed by atoms with Crippen molar-refractivity contribution < 1.29 is 23.0 Å². The molecule has 34 heavy (non-hydrogen) atoms. The summed E-state index contributed by atoms with van der Waals surface area (Å²) in [6.07, 6.45) is 3.30. The van der Waals surface area contributed by atoms with E-state index in [1.807, 2.05) is 0 Å². The molecule has 11 heteroatoms. The highest BCUT2D eigenvalue weighted by Gasteiger charge is 2.54. The molecule has 0 saturated carbocycles. The maximum absolute atomic E-state index is 14.6. The largest absolute Gasteiger partial charge is 0.473 e. The Labute approximate surface area is 197 Å². The van der Waals surface area contributed by atoms with Gasteiger partial charge in [0.25, 0.3) is 0 Å². The molecule has 3 aliphatic heterocycles. The Bertz CT molecular complexity index is 1330. The molecule has 2 atom stereocenters. The predicted molar refractivity (Wildman–Crippen MR) is 118 cm³/mol. The Morgan fingerprint density at radius 2 is 2.06 bits per heavy atom. The van der Waals surface area contributed by atoms with Crippen molar-refractivity contribution in [3.8, 4) is 17.4 Å². The van der Waals surface area contributed by atoms with Crippen molar-refractivity contribution in [3.05, 3.63) is 69.4 Å². The molecule has 176 valence electrons. The maximum atomic E-state index is 14.6. The molecule has 0 radical (unpaired) electrons. The van der Waals surface area contributed by atoms with Crippen LogP contribution in [0, 0.1) is 11.6 Å². The molecule has 3 aromatic rings. The topological polar surface area (TPSA) is 78.7 Å². The van der Waals surface area contributed by atoms with Gasteiger partial charge in [-0.2, -0.15) is 4.98 Å². The number of morpholine rings is 1. The van der Waals surface area contributed by atoms with Gasteiger partial charge >= 0.3 is 5.69 Å². The molecule has 1 spiro atoms. The second-order valence-electron chi connectivity index (χ2n) is 8.70. The highest BCUT2D eigenvalue weighted by atomic mass is 35.5. The van der Waals surface area contributed by atoms with Gasteiger partial charge in [-0.3, -0.25) is 4.57 Å². The quantitative estimate of drug-likeness (QED) is 0.507. The summed E-state index contributed by atoms with van der Waals surface area (Å²) in [5.74, 6) is -1.37. The average Bonchev–Trinajstić information content (AvgIpc) is 3.38. The van der Waals surface area contributed by atoms with E-state index in [4.69, 9.17) is 25.8 Å². The first kappa shape index (κ1) is 21.3. The first-order valence-electron chi connectivity index (χ1n) is 10.8. The molecule has 6 rings (SSSR count). The lowest BCUT2D eigenvalue weighted by Gasteiger charge is -2.44. The van der Waals surface area contributed by atoms with Gasteiger partial charge in [0.05, 0.1) is 18.2 Å². The monoisotopic (exact) mass is 488 g/mol. The molecule has 0 unspecified atom stereocenters. The Morgan fingerprint density at radius 1 is 1.24 bits per heavy atom. The zero-order chi connectivity index (χ0) is 23.4. The molecule has 2 saturated heterocycles. The van der Waals surface area contributed by atoms with Crippen molar-refractivity contribution in [2.75, 3.05) is 18.1 Å². The summed E-state index contributed by atoms with van der Waals surface area (Å²) in [5.41, 5.74) is -0.278. The van der Waals surface area contributed by atoms with Gasteiger partial charge in [-0.05, 0) is 30.2 Å². The zero-order valence-electron chi connectivity index (χ0n) is 17.8. The van der Waals surface area contributed by atoms with E-state index in [2.05, 4.69) is 14.9 Å². The number of nitrogens with zero attached hydrogens (tertiary/aromatic N) is 4. The lowest BCUT2D eigenvalue weighted by atomic mass is 9.92. The van der Waals surface area contributed by atoms with Gasteiger partial charge < -0.3 is 19.1 Å². The number of hydrogen-bond donors (Lipinski definition) is 0. The van der Waals surface area contributed by atoms with Crippen molar-refractivity contribution in [1.29, 1.82) is 0 Å².